The second-order valence-electron chi connectivity index (χ2n) is 7.11. The molecule has 0 saturated carbocycles. The molecule has 1 fully saturated rings. The molecule has 2 aromatic carbocycles. The molecule has 2 heterocycles. The minimum Gasteiger partial charge on any atom is -0.493 e. The first-order chi connectivity index (χ1) is 13.5. The summed E-state index contributed by atoms with van der Waals surface area (Å²) in [6.45, 7) is 1.47. The lowest BCUT2D eigenvalue weighted by Gasteiger charge is -2.30. The lowest BCUT2D eigenvalue weighted by Crippen LogP contribution is -3.16. The average Bonchev–Trinajstić information content (AvgIpc) is 3.01. The van der Waals surface area contributed by atoms with Crippen molar-refractivity contribution in [2.24, 2.45) is 0 Å². The highest BCUT2D eigenvalue weighted by atomic mass is 35.5. The van der Waals surface area contributed by atoms with Crippen LogP contribution in [0.5, 0.6) is 11.5 Å². The van der Waals surface area contributed by atoms with Gasteiger partial charge in [-0.2, -0.15) is 0 Å². The molecule has 1 N–H and O–H groups in total. The van der Waals surface area contributed by atoms with Gasteiger partial charge in [0.25, 0.3) is 5.91 Å². The first-order valence-electron chi connectivity index (χ1n) is 9.22. The molecule has 28 heavy (non-hydrogen) atoms. The van der Waals surface area contributed by atoms with Crippen molar-refractivity contribution in [3.63, 3.8) is 0 Å². The Morgan fingerprint density at radius 1 is 1.04 bits per heavy atom. The summed E-state index contributed by atoms with van der Waals surface area (Å²) in [6, 6.07) is 10.4. The molecule has 7 heteroatoms. The van der Waals surface area contributed by atoms with Crippen LogP contribution in [0.25, 0.3) is 0 Å². The van der Waals surface area contributed by atoms with E-state index in [9.17, 15) is 9.59 Å². The minimum atomic E-state index is -0.371. The Morgan fingerprint density at radius 2 is 1.68 bits per heavy atom. The molecule has 146 valence electrons. The number of methoxy groups -OCH3 is 2. The van der Waals surface area contributed by atoms with Crippen LogP contribution in [0.15, 0.2) is 36.4 Å². The molecule has 0 radical (unpaired) electrons. The number of rotatable bonds is 4. The maximum atomic E-state index is 13.0. The zero-order valence-electron chi connectivity index (χ0n) is 15.8. The number of imide groups is 1. The van der Waals surface area contributed by atoms with Crippen LogP contribution < -0.4 is 19.3 Å². The van der Waals surface area contributed by atoms with E-state index >= 15 is 0 Å². The number of carbonyl (C=O) groups is 2. The van der Waals surface area contributed by atoms with E-state index in [-0.39, 0.29) is 24.3 Å². The molecule has 1 unspecified atom stereocenters. The minimum absolute atomic E-state index is 0.147. The Bertz CT molecular complexity index is 929. The fraction of sp³-hybridized carbons (Fsp3) is 0.333. The molecule has 0 aliphatic carbocycles. The molecule has 6 nitrogen and oxygen atoms in total. The van der Waals surface area contributed by atoms with Crippen LogP contribution in [0.1, 0.15) is 17.5 Å². The van der Waals surface area contributed by atoms with Gasteiger partial charge >= 0.3 is 0 Å². The Balaban J connectivity index is 1.57. The summed E-state index contributed by atoms with van der Waals surface area (Å²) in [7, 11) is 3.24. The van der Waals surface area contributed by atoms with Crippen molar-refractivity contribution in [3.8, 4) is 11.5 Å². The maximum Gasteiger partial charge on any atom is 0.292 e. The fourth-order valence-corrected chi connectivity index (χ4v) is 4.22. The molecule has 2 atom stereocenters. The van der Waals surface area contributed by atoms with Gasteiger partial charge in [0.1, 0.15) is 6.54 Å². The molecule has 2 aromatic rings. The van der Waals surface area contributed by atoms with Crippen molar-refractivity contribution in [1.82, 2.24) is 0 Å². The van der Waals surface area contributed by atoms with E-state index in [1.54, 1.807) is 38.5 Å². The van der Waals surface area contributed by atoms with Gasteiger partial charge in [0.2, 0.25) is 5.91 Å². The van der Waals surface area contributed by atoms with E-state index in [1.807, 2.05) is 12.1 Å². The smallest absolute Gasteiger partial charge is 0.292 e. The molecule has 2 aliphatic heterocycles. The van der Waals surface area contributed by atoms with Crippen LogP contribution in [0, 0.1) is 0 Å². The van der Waals surface area contributed by atoms with Crippen molar-refractivity contribution >= 4 is 29.1 Å². The van der Waals surface area contributed by atoms with Crippen LogP contribution >= 0.6 is 11.6 Å². The van der Waals surface area contributed by atoms with Crippen molar-refractivity contribution in [3.05, 3.63) is 52.5 Å². The Kier molecular flexibility index (Phi) is 5.00. The predicted octanol–water partition coefficient (Wildman–Crippen LogP) is 1.63. The normalized spacial score (nSPS) is 21.6. The highest BCUT2D eigenvalue weighted by molar-refractivity contribution is 6.30. The first-order valence-corrected chi connectivity index (χ1v) is 9.60. The molecule has 2 amide bonds. The predicted molar refractivity (Wildman–Crippen MR) is 105 cm³/mol. The number of hydrogen-bond donors (Lipinski definition) is 1. The van der Waals surface area contributed by atoms with Crippen LogP contribution in [0.2, 0.25) is 5.02 Å². The zero-order chi connectivity index (χ0) is 19.8. The third kappa shape index (κ3) is 3.23. The monoisotopic (exact) mass is 401 g/mol. The van der Waals surface area contributed by atoms with E-state index in [2.05, 4.69) is 0 Å². The summed E-state index contributed by atoms with van der Waals surface area (Å²) in [6.07, 6.45) is 1.04. The summed E-state index contributed by atoms with van der Waals surface area (Å²) in [4.78, 5) is 28.0. The second-order valence-corrected chi connectivity index (χ2v) is 7.55. The van der Waals surface area contributed by atoms with Crippen molar-refractivity contribution in [2.75, 3.05) is 25.7 Å². The number of hydrogen-bond acceptors (Lipinski definition) is 4. The van der Waals surface area contributed by atoms with Gasteiger partial charge in [0.15, 0.2) is 17.5 Å². The molecule has 4 rings (SSSR count). The number of halogens is 1. The first kappa shape index (κ1) is 18.8. The quantitative estimate of drug-likeness (QED) is 0.791. The zero-order valence-corrected chi connectivity index (χ0v) is 16.6. The largest absolute Gasteiger partial charge is 0.493 e. The van der Waals surface area contributed by atoms with Crippen LogP contribution in [0.4, 0.5) is 5.69 Å². The van der Waals surface area contributed by atoms with E-state index in [0.29, 0.717) is 28.8 Å². The van der Waals surface area contributed by atoms with Crippen molar-refractivity contribution in [1.29, 1.82) is 0 Å². The average molecular weight is 402 g/mol. The number of quaternary nitrogens is 1. The third-order valence-corrected chi connectivity index (χ3v) is 5.81. The van der Waals surface area contributed by atoms with Crippen LogP contribution in [0.3, 0.4) is 0 Å². The molecular formula is C21H22ClN2O4+. The van der Waals surface area contributed by atoms with Gasteiger partial charge in [0, 0.05) is 17.0 Å². The highest BCUT2D eigenvalue weighted by Crippen LogP contribution is 2.31. The summed E-state index contributed by atoms with van der Waals surface area (Å²) in [5, 5.41) is 0.571. The summed E-state index contributed by atoms with van der Waals surface area (Å²) in [5.41, 5.74) is 2.90. The number of nitrogens with one attached hydrogen (secondary N) is 1. The molecular weight excluding hydrogens is 380 g/mol. The number of nitrogens with zero attached hydrogens (tertiary/aromatic N) is 1. The van der Waals surface area contributed by atoms with Gasteiger partial charge in [-0.3, -0.25) is 9.59 Å². The van der Waals surface area contributed by atoms with Crippen LogP contribution in [-0.2, 0) is 22.6 Å². The van der Waals surface area contributed by atoms with Gasteiger partial charge in [-0.1, -0.05) is 11.6 Å². The SMILES string of the molecule is COc1cc2c(cc1OC)C[NH+]([C@@H]1CC(=O)N(c3ccc(Cl)cc3)C1=O)CC2. The standard InChI is InChI=1S/C21H21ClN2O4/c1-27-18-9-13-7-8-23(12-14(13)10-19(18)28-2)17-11-20(25)24(21(17)26)16-5-3-15(22)4-6-16/h3-6,9-10,17H,7-8,11-12H2,1-2H3/p+1/t17-/m1/s1. The van der Waals surface area contributed by atoms with Crippen molar-refractivity contribution in [2.45, 2.75) is 25.4 Å². The lowest BCUT2D eigenvalue weighted by molar-refractivity contribution is -0.930. The van der Waals surface area contributed by atoms with Gasteiger partial charge < -0.3 is 14.4 Å². The summed E-state index contributed by atoms with van der Waals surface area (Å²) < 4.78 is 10.8. The van der Waals surface area contributed by atoms with E-state index in [0.717, 1.165) is 23.4 Å². The Morgan fingerprint density at radius 3 is 2.32 bits per heavy atom. The van der Waals surface area contributed by atoms with E-state index < -0.39 is 0 Å². The number of amides is 2. The van der Waals surface area contributed by atoms with E-state index in [4.69, 9.17) is 21.1 Å². The summed E-state index contributed by atoms with van der Waals surface area (Å²) >= 11 is 5.92. The number of carbonyl (C=O) groups excluding carboxylic acids is 2. The van der Waals surface area contributed by atoms with Gasteiger partial charge in [-0.05, 0) is 42.0 Å². The van der Waals surface area contributed by atoms with Gasteiger partial charge in [0.05, 0.1) is 32.9 Å². The molecule has 0 bridgehead atoms. The topological polar surface area (TPSA) is 60.3 Å². The van der Waals surface area contributed by atoms with Crippen LogP contribution in [-0.4, -0.2) is 38.6 Å². The second kappa shape index (κ2) is 7.45. The van der Waals surface area contributed by atoms with E-state index in [1.165, 1.54) is 10.5 Å². The molecule has 2 aliphatic rings. The Labute approximate surface area is 168 Å². The Hall–Kier alpha value is -2.57. The molecule has 1 saturated heterocycles. The lowest BCUT2D eigenvalue weighted by atomic mass is 9.97. The number of ether oxygens (including phenoxy) is 2. The third-order valence-electron chi connectivity index (χ3n) is 5.56. The fourth-order valence-electron chi connectivity index (χ4n) is 4.10. The molecule has 0 spiro atoms. The number of fused-ring (bicyclic) bond motifs is 1. The highest BCUT2D eigenvalue weighted by Gasteiger charge is 2.46. The number of benzene rings is 2. The van der Waals surface area contributed by atoms with Crippen molar-refractivity contribution < 1.29 is 24.0 Å². The number of anilines is 1. The van der Waals surface area contributed by atoms with Gasteiger partial charge in [-0.15, -0.1) is 0 Å². The summed E-state index contributed by atoms with van der Waals surface area (Å²) in [5.74, 6) is 1.08. The van der Waals surface area contributed by atoms with Gasteiger partial charge in [-0.25, -0.2) is 4.90 Å². The molecule has 0 aromatic heterocycles. The maximum absolute atomic E-state index is 13.0.